The van der Waals surface area contributed by atoms with E-state index in [1.165, 1.54) is 11.3 Å². The minimum Gasteiger partial charge on any atom is -0.383 e. The first-order valence-corrected chi connectivity index (χ1v) is 6.90. The summed E-state index contributed by atoms with van der Waals surface area (Å²) in [7, 11) is 1.63. The van der Waals surface area contributed by atoms with Crippen LogP contribution in [0.4, 0.5) is 0 Å². The predicted molar refractivity (Wildman–Crippen MR) is 72.8 cm³/mol. The van der Waals surface area contributed by atoms with Crippen LogP contribution in [-0.2, 0) is 4.74 Å². The first kappa shape index (κ1) is 15.1. The third-order valence-corrected chi connectivity index (χ3v) is 3.72. The number of likely N-dealkylation sites (N-methyl/N-ethyl adjacent to an activating group) is 1. The maximum Gasteiger partial charge on any atom is 0.273 e. The molecule has 6 heteroatoms. The maximum absolute atomic E-state index is 12.3. The van der Waals surface area contributed by atoms with Gasteiger partial charge in [-0.05, 0) is 20.8 Å². The number of thiazole rings is 1. The Hall–Kier alpha value is -0.980. The molecule has 0 aromatic carbocycles. The van der Waals surface area contributed by atoms with E-state index < -0.39 is 0 Å². The molecule has 0 fully saturated rings. The zero-order valence-electron chi connectivity index (χ0n) is 11.3. The molecule has 1 heterocycles. The number of aromatic nitrogens is 1. The van der Waals surface area contributed by atoms with Crippen molar-refractivity contribution in [2.24, 2.45) is 5.73 Å². The van der Waals surface area contributed by atoms with Crippen molar-refractivity contribution in [1.82, 2.24) is 9.88 Å². The standard InChI is InChI=1S/C12H21N3O2S/c1-5-15(8(2)6-17-4)12(16)10-7-18-11(14-10)9(3)13/h7-9H,5-6,13H2,1-4H3. The molecule has 1 rings (SSSR count). The van der Waals surface area contributed by atoms with Gasteiger partial charge in [0.2, 0.25) is 0 Å². The average Bonchev–Trinajstić information content (AvgIpc) is 2.79. The van der Waals surface area contributed by atoms with Gasteiger partial charge in [0.25, 0.3) is 5.91 Å². The Bertz CT molecular complexity index is 392. The molecule has 0 spiro atoms. The minimum atomic E-state index is -0.136. The Morgan fingerprint density at radius 3 is 2.72 bits per heavy atom. The lowest BCUT2D eigenvalue weighted by Crippen LogP contribution is -2.41. The van der Waals surface area contributed by atoms with Gasteiger partial charge in [-0.15, -0.1) is 11.3 Å². The van der Waals surface area contributed by atoms with Crippen molar-refractivity contribution in [3.8, 4) is 0 Å². The molecule has 2 unspecified atom stereocenters. The van der Waals surface area contributed by atoms with E-state index >= 15 is 0 Å². The van der Waals surface area contributed by atoms with Crippen LogP contribution in [0.25, 0.3) is 0 Å². The number of nitrogens with two attached hydrogens (primary N) is 1. The van der Waals surface area contributed by atoms with Crippen LogP contribution in [0.2, 0.25) is 0 Å². The SMILES string of the molecule is CCN(C(=O)c1csc(C(C)N)n1)C(C)COC. The topological polar surface area (TPSA) is 68.5 Å². The molecule has 5 nitrogen and oxygen atoms in total. The fraction of sp³-hybridized carbons (Fsp3) is 0.667. The van der Waals surface area contributed by atoms with Crippen LogP contribution in [0.3, 0.4) is 0 Å². The molecule has 0 bridgehead atoms. The van der Waals surface area contributed by atoms with Gasteiger partial charge in [0.1, 0.15) is 10.7 Å². The Morgan fingerprint density at radius 2 is 2.28 bits per heavy atom. The Labute approximate surface area is 112 Å². The molecule has 0 saturated heterocycles. The second-order valence-corrected chi connectivity index (χ2v) is 5.14. The Kier molecular flexibility index (Phi) is 5.71. The van der Waals surface area contributed by atoms with Gasteiger partial charge in [0.15, 0.2) is 0 Å². The second kappa shape index (κ2) is 6.82. The van der Waals surface area contributed by atoms with Crippen molar-refractivity contribution in [3.05, 3.63) is 16.1 Å². The van der Waals surface area contributed by atoms with Crippen molar-refractivity contribution in [1.29, 1.82) is 0 Å². The van der Waals surface area contributed by atoms with E-state index in [1.54, 1.807) is 17.4 Å². The van der Waals surface area contributed by atoms with E-state index in [-0.39, 0.29) is 18.0 Å². The normalized spacial score (nSPS) is 14.3. The fourth-order valence-corrected chi connectivity index (χ4v) is 2.48. The Balaban J connectivity index is 2.82. The summed E-state index contributed by atoms with van der Waals surface area (Å²) in [6.45, 7) is 6.92. The van der Waals surface area contributed by atoms with Crippen LogP contribution in [0.15, 0.2) is 5.38 Å². The number of methoxy groups -OCH3 is 1. The summed E-state index contributed by atoms with van der Waals surface area (Å²) in [6.07, 6.45) is 0. The highest BCUT2D eigenvalue weighted by molar-refractivity contribution is 7.09. The molecule has 0 aliphatic rings. The fourth-order valence-electron chi connectivity index (χ4n) is 1.73. The molecule has 0 saturated carbocycles. The largest absolute Gasteiger partial charge is 0.383 e. The Morgan fingerprint density at radius 1 is 1.61 bits per heavy atom. The lowest BCUT2D eigenvalue weighted by molar-refractivity contribution is 0.0574. The lowest BCUT2D eigenvalue weighted by Gasteiger charge is -2.26. The average molecular weight is 271 g/mol. The van der Waals surface area contributed by atoms with E-state index in [0.29, 0.717) is 18.8 Å². The first-order chi connectivity index (χ1) is 8.51. The van der Waals surface area contributed by atoms with Gasteiger partial charge in [0.05, 0.1) is 18.7 Å². The molecule has 1 aromatic rings. The summed E-state index contributed by atoms with van der Waals surface area (Å²) in [6, 6.07) is -0.101. The van der Waals surface area contributed by atoms with Crippen molar-refractivity contribution in [3.63, 3.8) is 0 Å². The maximum atomic E-state index is 12.3. The van der Waals surface area contributed by atoms with Crippen LogP contribution in [0, 0.1) is 0 Å². The van der Waals surface area contributed by atoms with E-state index in [2.05, 4.69) is 4.98 Å². The van der Waals surface area contributed by atoms with Crippen molar-refractivity contribution in [2.75, 3.05) is 20.3 Å². The summed E-state index contributed by atoms with van der Waals surface area (Å²) in [4.78, 5) is 18.3. The van der Waals surface area contributed by atoms with E-state index in [9.17, 15) is 4.79 Å². The van der Waals surface area contributed by atoms with Gasteiger partial charge in [-0.2, -0.15) is 0 Å². The van der Waals surface area contributed by atoms with Crippen LogP contribution >= 0.6 is 11.3 Å². The molecular formula is C12H21N3O2S. The number of ether oxygens (including phenoxy) is 1. The highest BCUT2D eigenvalue weighted by Crippen LogP contribution is 2.17. The van der Waals surface area contributed by atoms with E-state index in [1.807, 2.05) is 20.8 Å². The minimum absolute atomic E-state index is 0.0351. The summed E-state index contributed by atoms with van der Waals surface area (Å²) < 4.78 is 5.08. The summed E-state index contributed by atoms with van der Waals surface area (Å²) in [5, 5.41) is 2.55. The molecule has 2 N–H and O–H groups in total. The third-order valence-electron chi connectivity index (χ3n) is 2.67. The summed E-state index contributed by atoms with van der Waals surface area (Å²) in [5.74, 6) is -0.0646. The van der Waals surface area contributed by atoms with Crippen molar-refractivity contribution in [2.45, 2.75) is 32.9 Å². The van der Waals surface area contributed by atoms with Crippen molar-refractivity contribution >= 4 is 17.2 Å². The molecule has 0 aliphatic carbocycles. The number of nitrogens with zero attached hydrogens (tertiary/aromatic N) is 2. The van der Waals surface area contributed by atoms with Crippen LogP contribution in [0.5, 0.6) is 0 Å². The molecule has 1 amide bonds. The van der Waals surface area contributed by atoms with Gasteiger partial charge in [-0.1, -0.05) is 0 Å². The summed E-state index contributed by atoms with van der Waals surface area (Å²) in [5.41, 5.74) is 6.22. The lowest BCUT2D eigenvalue weighted by atomic mass is 10.2. The number of hydrogen-bond donors (Lipinski definition) is 1. The molecular weight excluding hydrogens is 250 g/mol. The molecule has 1 aromatic heterocycles. The van der Waals surface area contributed by atoms with E-state index in [4.69, 9.17) is 10.5 Å². The zero-order chi connectivity index (χ0) is 13.7. The zero-order valence-corrected chi connectivity index (χ0v) is 12.2. The van der Waals surface area contributed by atoms with E-state index in [0.717, 1.165) is 5.01 Å². The predicted octanol–water partition coefficient (Wildman–Crippen LogP) is 1.66. The van der Waals surface area contributed by atoms with Gasteiger partial charge < -0.3 is 15.4 Å². The molecule has 0 aliphatic heterocycles. The summed E-state index contributed by atoms with van der Waals surface area (Å²) >= 11 is 1.42. The van der Waals surface area contributed by atoms with Crippen LogP contribution in [-0.4, -0.2) is 42.1 Å². The quantitative estimate of drug-likeness (QED) is 0.854. The van der Waals surface area contributed by atoms with Gasteiger partial charge in [-0.25, -0.2) is 4.98 Å². The molecule has 18 heavy (non-hydrogen) atoms. The highest BCUT2D eigenvalue weighted by Gasteiger charge is 2.22. The van der Waals surface area contributed by atoms with Crippen LogP contribution in [0.1, 0.15) is 42.3 Å². The monoisotopic (exact) mass is 271 g/mol. The molecule has 0 radical (unpaired) electrons. The highest BCUT2D eigenvalue weighted by atomic mass is 32.1. The van der Waals surface area contributed by atoms with Crippen LogP contribution < -0.4 is 5.73 Å². The number of rotatable bonds is 6. The van der Waals surface area contributed by atoms with Crippen molar-refractivity contribution < 1.29 is 9.53 Å². The second-order valence-electron chi connectivity index (χ2n) is 4.26. The third kappa shape index (κ3) is 3.51. The molecule has 2 atom stereocenters. The van der Waals surface area contributed by atoms with Gasteiger partial charge >= 0.3 is 0 Å². The number of hydrogen-bond acceptors (Lipinski definition) is 5. The van der Waals surface area contributed by atoms with Gasteiger partial charge in [0, 0.05) is 19.0 Å². The molecule has 102 valence electrons. The number of amides is 1. The number of carbonyl (C=O) groups is 1. The smallest absolute Gasteiger partial charge is 0.273 e. The number of carbonyl (C=O) groups excluding carboxylic acids is 1. The first-order valence-electron chi connectivity index (χ1n) is 6.02. The van der Waals surface area contributed by atoms with Gasteiger partial charge in [-0.3, -0.25) is 4.79 Å².